The van der Waals surface area contributed by atoms with Gasteiger partial charge in [-0.05, 0) is 72.9 Å². The van der Waals surface area contributed by atoms with Crippen molar-refractivity contribution >= 4 is 40.4 Å². The molecule has 0 bridgehead atoms. The van der Waals surface area contributed by atoms with Crippen LogP contribution in [0.15, 0.2) is 72.4 Å². The van der Waals surface area contributed by atoms with Gasteiger partial charge >= 0.3 is 0 Å². The van der Waals surface area contributed by atoms with Gasteiger partial charge in [0.15, 0.2) is 0 Å². The highest BCUT2D eigenvalue weighted by molar-refractivity contribution is 6.46. The summed E-state index contributed by atoms with van der Waals surface area (Å²) in [7, 11) is 0. The average molecular weight is 452 g/mol. The van der Waals surface area contributed by atoms with Crippen molar-refractivity contribution in [3.05, 3.63) is 94.7 Å². The van der Waals surface area contributed by atoms with Gasteiger partial charge < -0.3 is 10.2 Å². The summed E-state index contributed by atoms with van der Waals surface area (Å²) in [5, 5.41) is 2.74. The van der Waals surface area contributed by atoms with E-state index in [-0.39, 0.29) is 17.7 Å². The van der Waals surface area contributed by atoms with Crippen LogP contribution in [0.4, 0.5) is 17.1 Å². The molecule has 0 fully saturated rings. The number of carbonyl (C=O) groups is 3. The number of anilines is 3. The van der Waals surface area contributed by atoms with Crippen LogP contribution in [0, 0.1) is 13.8 Å². The number of benzene rings is 3. The Labute approximate surface area is 198 Å². The molecule has 3 aromatic rings. The van der Waals surface area contributed by atoms with Crippen LogP contribution < -0.4 is 15.1 Å². The molecule has 0 aromatic heterocycles. The normalized spacial score (nSPS) is 15.3. The molecule has 0 saturated heterocycles. The number of para-hydroxylation sites is 1. The van der Waals surface area contributed by atoms with Gasteiger partial charge in [0.2, 0.25) is 5.91 Å². The third-order valence-corrected chi connectivity index (χ3v) is 6.18. The van der Waals surface area contributed by atoms with Crippen LogP contribution in [0.1, 0.15) is 29.2 Å². The van der Waals surface area contributed by atoms with E-state index in [1.54, 1.807) is 24.3 Å². The van der Waals surface area contributed by atoms with Crippen molar-refractivity contribution in [2.24, 2.45) is 0 Å². The monoisotopic (exact) mass is 451 g/mol. The summed E-state index contributed by atoms with van der Waals surface area (Å²) >= 11 is 0. The smallest absolute Gasteiger partial charge is 0.282 e. The van der Waals surface area contributed by atoms with Gasteiger partial charge in [0.05, 0.1) is 11.3 Å². The molecule has 5 rings (SSSR count). The number of hydrogen-bond donors (Lipinski definition) is 1. The first-order valence-corrected chi connectivity index (χ1v) is 11.3. The van der Waals surface area contributed by atoms with Crippen molar-refractivity contribution in [2.45, 2.75) is 27.2 Å². The first-order valence-electron chi connectivity index (χ1n) is 11.3. The summed E-state index contributed by atoms with van der Waals surface area (Å²) in [6.07, 6.45) is 0.805. The van der Waals surface area contributed by atoms with E-state index in [0.29, 0.717) is 34.8 Å². The van der Waals surface area contributed by atoms with Gasteiger partial charge in [0.1, 0.15) is 5.70 Å². The molecule has 2 heterocycles. The van der Waals surface area contributed by atoms with Crippen LogP contribution in [0.25, 0.3) is 5.57 Å². The van der Waals surface area contributed by atoms with Gasteiger partial charge in [-0.2, -0.15) is 0 Å². The number of hydrogen-bond acceptors (Lipinski definition) is 4. The van der Waals surface area contributed by atoms with E-state index in [4.69, 9.17) is 0 Å². The standard InChI is InChI=1S/C28H25N3O3/c1-17-14-18(2)16-23(15-17)31-27(33)25(21-8-10-22(11-9-21)29-19(3)32)26(28(31)34)30-13-12-20-6-4-5-7-24(20)30/h4-11,14-16H,12-13H2,1-3H3,(H,29,32). The molecular formula is C28H25N3O3. The van der Waals surface area contributed by atoms with Crippen molar-refractivity contribution in [1.82, 2.24) is 0 Å². The summed E-state index contributed by atoms with van der Waals surface area (Å²) in [6.45, 7) is 5.98. The molecule has 1 N–H and O–H groups in total. The van der Waals surface area contributed by atoms with Gasteiger partial charge in [0, 0.05) is 24.8 Å². The fourth-order valence-electron chi connectivity index (χ4n) is 4.84. The van der Waals surface area contributed by atoms with Crippen molar-refractivity contribution < 1.29 is 14.4 Å². The molecule has 0 spiro atoms. The maximum absolute atomic E-state index is 13.9. The second-order valence-corrected chi connectivity index (χ2v) is 8.80. The van der Waals surface area contributed by atoms with Gasteiger partial charge in [-0.25, -0.2) is 4.90 Å². The Bertz CT molecular complexity index is 1350. The highest BCUT2D eigenvalue weighted by atomic mass is 16.2. The molecule has 0 unspecified atom stereocenters. The zero-order valence-electron chi connectivity index (χ0n) is 19.4. The Kier molecular flexibility index (Phi) is 5.28. The van der Waals surface area contributed by atoms with Crippen LogP contribution in [0.5, 0.6) is 0 Å². The summed E-state index contributed by atoms with van der Waals surface area (Å²) in [4.78, 5) is 42.4. The predicted octanol–water partition coefficient (Wildman–Crippen LogP) is 4.61. The molecule has 2 aliphatic heterocycles. The third-order valence-electron chi connectivity index (χ3n) is 6.18. The highest BCUT2D eigenvalue weighted by Crippen LogP contribution is 2.40. The summed E-state index contributed by atoms with van der Waals surface area (Å²) < 4.78 is 0. The fraction of sp³-hybridized carbons (Fsp3) is 0.179. The zero-order valence-corrected chi connectivity index (χ0v) is 19.4. The molecule has 6 heteroatoms. The van der Waals surface area contributed by atoms with Crippen molar-refractivity contribution in [3.8, 4) is 0 Å². The lowest BCUT2D eigenvalue weighted by atomic mass is 10.0. The lowest BCUT2D eigenvalue weighted by molar-refractivity contribution is -0.120. The number of carbonyl (C=O) groups excluding carboxylic acids is 3. The molecule has 0 aliphatic carbocycles. The van der Waals surface area contributed by atoms with Crippen LogP contribution in [0.2, 0.25) is 0 Å². The molecular weight excluding hydrogens is 426 g/mol. The largest absolute Gasteiger partial charge is 0.336 e. The maximum atomic E-state index is 13.9. The molecule has 0 radical (unpaired) electrons. The molecule has 0 atom stereocenters. The zero-order chi connectivity index (χ0) is 24.0. The molecule has 2 aliphatic rings. The van der Waals surface area contributed by atoms with E-state index in [1.165, 1.54) is 11.8 Å². The van der Waals surface area contributed by atoms with E-state index in [2.05, 4.69) is 11.4 Å². The van der Waals surface area contributed by atoms with E-state index in [9.17, 15) is 14.4 Å². The SMILES string of the molecule is CC(=O)Nc1ccc(C2=C(N3CCc4ccccc43)C(=O)N(c3cc(C)cc(C)c3)C2=O)cc1. The Morgan fingerprint density at radius 2 is 1.56 bits per heavy atom. The average Bonchev–Trinajstić information content (AvgIpc) is 3.31. The van der Waals surface area contributed by atoms with E-state index in [0.717, 1.165) is 28.8 Å². The molecule has 6 nitrogen and oxygen atoms in total. The van der Waals surface area contributed by atoms with Crippen LogP contribution in [-0.4, -0.2) is 24.3 Å². The Morgan fingerprint density at radius 3 is 2.24 bits per heavy atom. The quantitative estimate of drug-likeness (QED) is 0.588. The molecule has 34 heavy (non-hydrogen) atoms. The van der Waals surface area contributed by atoms with Gasteiger partial charge in [0.25, 0.3) is 11.8 Å². The number of aryl methyl sites for hydroxylation is 2. The van der Waals surface area contributed by atoms with E-state index >= 15 is 0 Å². The topological polar surface area (TPSA) is 69.7 Å². The van der Waals surface area contributed by atoms with Crippen molar-refractivity contribution in [1.29, 1.82) is 0 Å². The van der Waals surface area contributed by atoms with Crippen molar-refractivity contribution in [2.75, 3.05) is 21.7 Å². The Morgan fingerprint density at radius 1 is 0.882 bits per heavy atom. The number of rotatable bonds is 4. The molecule has 170 valence electrons. The minimum atomic E-state index is -0.346. The van der Waals surface area contributed by atoms with Crippen molar-refractivity contribution in [3.63, 3.8) is 0 Å². The number of imide groups is 1. The van der Waals surface area contributed by atoms with Crippen LogP contribution >= 0.6 is 0 Å². The van der Waals surface area contributed by atoms with Crippen LogP contribution in [-0.2, 0) is 20.8 Å². The number of amides is 3. The van der Waals surface area contributed by atoms with E-state index in [1.807, 2.05) is 55.1 Å². The number of fused-ring (bicyclic) bond motifs is 1. The Balaban J connectivity index is 1.65. The first-order chi connectivity index (χ1) is 16.3. The summed E-state index contributed by atoms with van der Waals surface area (Å²) in [6, 6.07) is 20.8. The molecule has 3 aromatic carbocycles. The van der Waals surface area contributed by atoms with E-state index < -0.39 is 0 Å². The predicted molar refractivity (Wildman–Crippen MR) is 134 cm³/mol. The first kappa shape index (κ1) is 21.6. The fourth-order valence-corrected chi connectivity index (χ4v) is 4.84. The molecule has 0 saturated carbocycles. The third kappa shape index (κ3) is 3.67. The Hall–Kier alpha value is -4.19. The second-order valence-electron chi connectivity index (χ2n) is 8.80. The maximum Gasteiger partial charge on any atom is 0.282 e. The number of nitrogens with zero attached hydrogens (tertiary/aromatic N) is 2. The lowest BCUT2D eigenvalue weighted by Crippen LogP contribution is -2.35. The minimum Gasteiger partial charge on any atom is -0.336 e. The molecule has 3 amide bonds. The number of nitrogens with one attached hydrogen (secondary N) is 1. The minimum absolute atomic E-state index is 0.172. The van der Waals surface area contributed by atoms with Gasteiger partial charge in [-0.1, -0.05) is 36.4 Å². The lowest BCUT2D eigenvalue weighted by Gasteiger charge is -2.22. The second kappa shape index (κ2) is 8.30. The highest BCUT2D eigenvalue weighted by Gasteiger charge is 2.44. The van der Waals surface area contributed by atoms with Gasteiger partial charge in [-0.3, -0.25) is 14.4 Å². The summed E-state index contributed by atoms with van der Waals surface area (Å²) in [5.41, 5.74) is 6.67. The van der Waals surface area contributed by atoms with Crippen LogP contribution in [0.3, 0.4) is 0 Å². The summed E-state index contributed by atoms with van der Waals surface area (Å²) in [5.74, 6) is -0.844. The van der Waals surface area contributed by atoms with Gasteiger partial charge in [-0.15, -0.1) is 0 Å².